The maximum absolute atomic E-state index is 8.32. The van der Waals surface area contributed by atoms with E-state index in [9.17, 15) is 0 Å². The average Bonchev–Trinajstić information content (AvgIpc) is 2.65. The number of rotatable bonds is 3. The SMILES string of the molecule is N#CCCOc1ccc2ncoc2c1. The molecule has 1 aromatic heterocycles. The van der Waals surface area contributed by atoms with Gasteiger partial charge in [-0.1, -0.05) is 0 Å². The van der Waals surface area contributed by atoms with Crippen LogP contribution < -0.4 is 4.74 Å². The van der Waals surface area contributed by atoms with Gasteiger partial charge in [-0.15, -0.1) is 0 Å². The molecule has 0 aliphatic carbocycles. The monoisotopic (exact) mass is 188 g/mol. The molecule has 0 N–H and O–H groups in total. The zero-order valence-electron chi connectivity index (χ0n) is 7.43. The van der Waals surface area contributed by atoms with Gasteiger partial charge in [-0.2, -0.15) is 5.26 Å². The molecule has 4 nitrogen and oxygen atoms in total. The van der Waals surface area contributed by atoms with Gasteiger partial charge in [0.2, 0.25) is 0 Å². The van der Waals surface area contributed by atoms with Crippen molar-refractivity contribution in [3.05, 3.63) is 24.6 Å². The highest BCUT2D eigenvalue weighted by atomic mass is 16.5. The van der Waals surface area contributed by atoms with Crippen molar-refractivity contribution in [2.24, 2.45) is 0 Å². The van der Waals surface area contributed by atoms with Crippen LogP contribution in [0.1, 0.15) is 6.42 Å². The van der Waals surface area contributed by atoms with Gasteiger partial charge in [-0.3, -0.25) is 0 Å². The molecule has 70 valence electrons. The lowest BCUT2D eigenvalue weighted by Gasteiger charge is -2.01. The highest BCUT2D eigenvalue weighted by Gasteiger charge is 2.00. The molecule has 0 radical (unpaired) electrons. The molecule has 1 aromatic carbocycles. The van der Waals surface area contributed by atoms with Gasteiger partial charge in [0, 0.05) is 6.07 Å². The highest BCUT2D eigenvalue weighted by molar-refractivity contribution is 5.73. The Morgan fingerprint density at radius 3 is 3.29 bits per heavy atom. The number of ether oxygens (including phenoxy) is 1. The number of hydrogen-bond donors (Lipinski definition) is 0. The van der Waals surface area contributed by atoms with E-state index >= 15 is 0 Å². The molecule has 1 heterocycles. The van der Waals surface area contributed by atoms with E-state index in [0.29, 0.717) is 24.4 Å². The summed E-state index contributed by atoms with van der Waals surface area (Å²) in [5, 5.41) is 8.32. The van der Waals surface area contributed by atoms with Gasteiger partial charge in [0.05, 0.1) is 12.5 Å². The fraction of sp³-hybridized carbons (Fsp3) is 0.200. The number of aromatic nitrogens is 1. The third-order valence-corrected chi connectivity index (χ3v) is 1.79. The molecular weight excluding hydrogens is 180 g/mol. The lowest BCUT2D eigenvalue weighted by Crippen LogP contribution is -1.94. The molecule has 0 unspecified atom stereocenters. The molecule has 0 aliphatic heterocycles. The second kappa shape index (κ2) is 3.79. The van der Waals surface area contributed by atoms with E-state index in [-0.39, 0.29) is 0 Å². The minimum absolute atomic E-state index is 0.383. The van der Waals surface area contributed by atoms with Crippen LogP contribution in [0.5, 0.6) is 5.75 Å². The minimum Gasteiger partial charge on any atom is -0.492 e. The topological polar surface area (TPSA) is 59.0 Å². The Balaban J connectivity index is 2.14. The Labute approximate surface area is 80.7 Å². The van der Waals surface area contributed by atoms with Crippen LogP contribution in [-0.4, -0.2) is 11.6 Å². The van der Waals surface area contributed by atoms with E-state index in [0.717, 1.165) is 5.52 Å². The minimum atomic E-state index is 0.383. The smallest absolute Gasteiger partial charge is 0.181 e. The van der Waals surface area contributed by atoms with Crippen molar-refractivity contribution >= 4 is 11.1 Å². The number of nitrogens with zero attached hydrogens (tertiary/aromatic N) is 2. The van der Waals surface area contributed by atoms with Gasteiger partial charge in [-0.25, -0.2) is 4.98 Å². The second-order valence-corrected chi connectivity index (χ2v) is 2.74. The van der Waals surface area contributed by atoms with Crippen molar-refractivity contribution in [2.75, 3.05) is 6.61 Å². The predicted molar refractivity (Wildman–Crippen MR) is 49.7 cm³/mol. The Kier molecular flexibility index (Phi) is 2.32. The lowest BCUT2D eigenvalue weighted by molar-refractivity contribution is 0.326. The Morgan fingerprint density at radius 2 is 2.43 bits per heavy atom. The molecule has 4 heteroatoms. The summed E-state index contributed by atoms with van der Waals surface area (Å²) in [6.07, 6.45) is 1.78. The molecule has 0 fully saturated rings. The fourth-order valence-electron chi connectivity index (χ4n) is 1.14. The number of hydrogen-bond acceptors (Lipinski definition) is 4. The van der Waals surface area contributed by atoms with Crippen molar-refractivity contribution < 1.29 is 9.15 Å². The van der Waals surface area contributed by atoms with Crippen LogP contribution in [0, 0.1) is 11.3 Å². The Morgan fingerprint density at radius 1 is 1.50 bits per heavy atom. The first-order valence-electron chi connectivity index (χ1n) is 4.23. The summed E-state index contributed by atoms with van der Waals surface area (Å²) >= 11 is 0. The maximum atomic E-state index is 8.32. The van der Waals surface area contributed by atoms with Crippen LogP contribution in [0.2, 0.25) is 0 Å². The van der Waals surface area contributed by atoms with Crippen LogP contribution in [0.25, 0.3) is 11.1 Å². The van der Waals surface area contributed by atoms with Crippen LogP contribution in [0.4, 0.5) is 0 Å². The predicted octanol–water partition coefficient (Wildman–Crippen LogP) is 2.12. The van der Waals surface area contributed by atoms with Crippen LogP contribution >= 0.6 is 0 Å². The van der Waals surface area contributed by atoms with E-state index in [2.05, 4.69) is 4.98 Å². The van der Waals surface area contributed by atoms with Crippen molar-refractivity contribution in [2.45, 2.75) is 6.42 Å². The van der Waals surface area contributed by atoms with Crippen molar-refractivity contribution in [1.82, 2.24) is 4.98 Å². The molecular formula is C10H8N2O2. The van der Waals surface area contributed by atoms with E-state index in [1.165, 1.54) is 6.39 Å². The number of benzene rings is 1. The molecule has 0 saturated heterocycles. The second-order valence-electron chi connectivity index (χ2n) is 2.74. The van der Waals surface area contributed by atoms with E-state index in [4.69, 9.17) is 14.4 Å². The summed E-state index contributed by atoms with van der Waals surface area (Å²) in [6.45, 7) is 0.399. The summed E-state index contributed by atoms with van der Waals surface area (Å²) in [6, 6.07) is 7.40. The first kappa shape index (κ1) is 8.57. The summed E-state index contributed by atoms with van der Waals surface area (Å²) < 4.78 is 10.4. The first-order valence-corrected chi connectivity index (χ1v) is 4.23. The third kappa shape index (κ3) is 1.67. The van der Waals surface area contributed by atoms with Crippen LogP contribution in [0.15, 0.2) is 29.0 Å². The van der Waals surface area contributed by atoms with Gasteiger partial charge >= 0.3 is 0 Å². The van der Waals surface area contributed by atoms with Crippen LogP contribution in [-0.2, 0) is 0 Å². The quantitative estimate of drug-likeness (QED) is 0.692. The summed E-state index contributed by atoms with van der Waals surface area (Å²) in [7, 11) is 0. The third-order valence-electron chi connectivity index (χ3n) is 1.79. The highest BCUT2D eigenvalue weighted by Crippen LogP contribution is 2.19. The molecule has 2 aromatic rings. The van der Waals surface area contributed by atoms with Gasteiger partial charge in [-0.05, 0) is 12.1 Å². The first-order chi connectivity index (χ1) is 6.90. The number of oxazole rings is 1. The molecule has 0 saturated carbocycles. The molecule has 0 aliphatic rings. The van der Waals surface area contributed by atoms with Crippen LogP contribution in [0.3, 0.4) is 0 Å². The summed E-state index contributed by atoms with van der Waals surface area (Å²) in [5.74, 6) is 0.699. The van der Waals surface area contributed by atoms with E-state index in [1.807, 2.05) is 18.2 Å². The van der Waals surface area contributed by atoms with Crippen molar-refractivity contribution in [1.29, 1.82) is 5.26 Å². The summed E-state index contributed by atoms with van der Waals surface area (Å²) in [4.78, 5) is 3.98. The van der Waals surface area contributed by atoms with Gasteiger partial charge < -0.3 is 9.15 Å². The zero-order valence-corrected chi connectivity index (χ0v) is 7.43. The van der Waals surface area contributed by atoms with E-state index in [1.54, 1.807) is 6.07 Å². The Hall–Kier alpha value is -2.02. The lowest BCUT2D eigenvalue weighted by atomic mass is 10.3. The van der Waals surface area contributed by atoms with Gasteiger partial charge in [0.15, 0.2) is 12.0 Å². The standard InChI is InChI=1S/C10H8N2O2/c11-4-1-5-13-8-2-3-9-10(6-8)14-7-12-9/h2-3,6-7H,1,5H2. The number of fused-ring (bicyclic) bond motifs is 1. The molecule has 0 spiro atoms. The van der Waals surface area contributed by atoms with Gasteiger partial charge in [0.1, 0.15) is 17.9 Å². The molecule has 0 atom stereocenters. The fourth-order valence-corrected chi connectivity index (χ4v) is 1.14. The molecule has 2 rings (SSSR count). The Bertz CT molecular complexity index is 470. The normalized spacial score (nSPS) is 9.93. The van der Waals surface area contributed by atoms with Crippen molar-refractivity contribution in [3.8, 4) is 11.8 Å². The summed E-state index contributed by atoms with van der Waals surface area (Å²) in [5.41, 5.74) is 1.50. The maximum Gasteiger partial charge on any atom is 0.181 e. The molecule has 0 amide bonds. The van der Waals surface area contributed by atoms with E-state index < -0.39 is 0 Å². The zero-order chi connectivity index (χ0) is 9.80. The van der Waals surface area contributed by atoms with Crippen molar-refractivity contribution in [3.63, 3.8) is 0 Å². The molecule has 0 bridgehead atoms. The van der Waals surface area contributed by atoms with Gasteiger partial charge in [0.25, 0.3) is 0 Å². The largest absolute Gasteiger partial charge is 0.492 e. The number of nitriles is 1. The molecule has 14 heavy (non-hydrogen) atoms. The average molecular weight is 188 g/mol.